The summed E-state index contributed by atoms with van der Waals surface area (Å²) in [6.45, 7) is 6.72. The average molecular weight is 1670 g/mol. The van der Waals surface area contributed by atoms with E-state index in [1.807, 2.05) is 26.4 Å². The zero-order chi connectivity index (χ0) is 86.0. The van der Waals surface area contributed by atoms with Crippen LogP contribution in [0.25, 0.3) is 10.9 Å². The van der Waals surface area contributed by atoms with Crippen LogP contribution >= 0.6 is 23.5 Å². The van der Waals surface area contributed by atoms with E-state index in [0.717, 1.165) is 0 Å². The molecule has 6 rings (SSSR count). The Morgan fingerprint density at radius 1 is 0.564 bits per heavy atom. The van der Waals surface area contributed by atoms with Crippen LogP contribution in [0.15, 0.2) is 79.8 Å². The minimum absolute atomic E-state index is 0.0307. The maximum absolute atomic E-state index is 14.8. The second-order valence-electron chi connectivity index (χ2n) is 29.0. The Balaban J connectivity index is 1.14. The number of para-hydroxylation sites is 1. The van der Waals surface area contributed by atoms with Crippen molar-refractivity contribution in [3.8, 4) is 5.75 Å². The van der Waals surface area contributed by atoms with Gasteiger partial charge in [0.05, 0.1) is 38.2 Å². The van der Waals surface area contributed by atoms with Crippen molar-refractivity contribution in [2.24, 2.45) is 34.8 Å². The fourth-order valence-electron chi connectivity index (χ4n) is 12.6. The summed E-state index contributed by atoms with van der Waals surface area (Å²) in [5, 5.41) is 51.8. The van der Waals surface area contributed by atoms with E-state index < -0.39 is 187 Å². The van der Waals surface area contributed by atoms with Crippen LogP contribution < -0.4 is 92.1 Å². The van der Waals surface area contributed by atoms with Crippen LogP contribution in [0.5, 0.6) is 5.75 Å². The number of phenolic OH excluding ortho intramolecular Hbond substituents is 1. The molecule has 0 unspecified atom stereocenters. The van der Waals surface area contributed by atoms with Gasteiger partial charge in [0.2, 0.25) is 88.6 Å². The lowest BCUT2D eigenvalue weighted by Crippen LogP contribution is -2.60. The normalized spacial score (nSPS) is 15.3. The van der Waals surface area contributed by atoms with Crippen molar-refractivity contribution >= 4 is 129 Å². The number of phenols is 1. The summed E-state index contributed by atoms with van der Waals surface area (Å²) in [6, 6.07) is -2.98. The van der Waals surface area contributed by atoms with Gasteiger partial charge in [0.15, 0.2) is 5.96 Å². The summed E-state index contributed by atoms with van der Waals surface area (Å²) >= 11 is 2.93. The number of carbonyl (C=O) groups is 15. The van der Waals surface area contributed by atoms with Crippen LogP contribution in [-0.4, -0.2) is 252 Å². The maximum Gasteiger partial charge on any atom is 0.246 e. The van der Waals surface area contributed by atoms with Gasteiger partial charge in [-0.2, -0.15) is 23.5 Å². The van der Waals surface area contributed by atoms with Gasteiger partial charge in [0.25, 0.3) is 0 Å². The minimum Gasteiger partial charge on any atom is -0.508 e. The molecule has 15 amide bonds. The third-order valence-corrected chi connectivity index (χ3v) is 20.2. The van der Waals surface area contributed by atoms with E-state index in [2.05, 4.69) is 94.0 Å². The number of thioether (sulfide) groups is 2. The number of nitrogens with two attached hydrogens (primary N) is 4. The summed E-state index contributed by atoms with van der Waals surface area (Å²) in [5.41, 5.74) is 25.3. The van der Waals surface area contributed by atoms with Crippen LogP contribution in [0.2, 0.25) is 0 Å². The number of benzene rings is 2. The second-order valence-corrected chi connectivity index (χ2v) is 31.0. The standard InChI is InChI=1S/C75H110N24O16S2/c1-39(2)26-52(68(109)92-50(63(78)104)21-25-117-7)94-69(110)54(29-44-33-81-37-87-44)90-61(103)36-86-73(114)62(40(3)4)98-64(105)41(5)89-67(108)53(28-43-32-84-49-13-9-8-12-47(43)49)95-70(111)55(30-45-34-82-38-88-45)96-71(112)56(31-59(77)101)91-60(102)35-85-66(107)51(14-10-22-83-75(79)80)93-72(113)58-15-11-23-99(58)74(115)57(27-42-16-18-46(100)19-17-42)97-65(106)48(76)20-24-116-6/h8-9,12-13,16-19,32-34,37-41,48,50-58,62,84,100H,10-11,14-15,20-31,35-36,76H2,1-7H3,(H2,77,101)(H2,78,104)(H,81,87)(H,82,88)(H,85,107)(H,86,114)(H,89,108)(H,90,103)(H,91,102)(H,92,109)(H,93,113)(H,94,110)(H,95,111)(H,96,112)(H,97,106)(H,98,105)(H4,79,80,83)/t41-,48-,50-,51-,52-,53-,54-,55-,56-,57-,58-,62-/m0/s1. The number of imidazole rings is 2. The number of hydrogen-bond donors (Lipinski definition) is 22. The van der Waals surface area contributed by atoms with Crippen LogP contribution in [-0.2, 0) is 97.6 Å². The van der Waals surface area contributed by atoms with Gasteiger partial charge in [0, 0.05) is 79.7 Å². The predicted molar refractivity (Wildman–Crippen MR) is 435 cm³/mol. The first kappa shape index (κ1) is 94.0. The monoisotopic (exact) mass is 1670 g/mol. The van der Waals surface area contributed by atoms with Gasteiger partial charge in [-0.1, -0.05) is 58.0 Å². The van der Waals surface area contributed by atoms with Gasteiger partial charge < -0.3 is 117 Å². The highest BCUT2D eigenvalue weighted by molar-refractivity contribution is 7.98. The molecule has 0 bridgehead atoms. The van der Waals surface area contributed by atoms with Gasteiger partial charge in [0.1, 0.15) is 72.2 Å². The maximum atomic E-state index is 14.8. The predicted octanol–water partition coefficient (Wildman–Crippen LogP) is -4.16. The lowest BCUT2D eigenvalue weighted by molar-refractivity contribution is -0.142. The van der Waals surface area contributed by atoms with Crippen LogP contribution in [0.1, 0.15) is 109 Å². The Morgan fingerprint density at radius 2 is 1.11 bits per heavy atom. The van der Waals surface area contributed by atoms with Crippen molar-refractivity contribution in [1.29, 1.82) is 5.41 Å². The molecule has 12 atom stereocenters. The fourth-order valence-corrected chi connectivity index (χ4v) is 13.6. The molecule has 0 spiro atoms. The van der Waals surface area contributed by atoms with E-state index in [1.165, 1.54) is 72.5 Å². The molecule has 638 valence electrons. The molecule has 117 heavy (non-hydrogen) atoms. The Labute approximate surface area is 684 Å². The van der Waals surface area contributed by atoms with E-state index in [4.69, 9.17) is 28.3 Å². The zero-order valence-corrected chi connectivity index (χ0v) is 68.0. The smallest absolute Gasteiger partial charge is 0.246 e. The number of amides is 15. The topological polar surface area (TPSA) is 637 Å². The first-order valence-corrected chi connectivity index (χ1v) is 41.0. The van der Waals surface area contributed by atoms with E-state index in [9.17, 15) is 77.0 Å². The Hall–Kier alpha value is -11.8. The number of fused-ring (bicyclic) bond motifs is 1. The molecule has 42 heteroatoms. The number of nitrogens with one attached hydrogen (secondary N) is 17. The van der Waals surface area contributed by atoms with E-state index >= 15 is 0 Å². The summed E-state index contributed by atoms with van der Waals surface area (Å²) in [4.78, 5) is 227. The number of H-pyrrole nitrogens is 3. The van der Waals surface area contributed by atoms with Crippen molar-refractivity contribution < 1.29 is 77.0 Å². The number of rotatable bonds is 49. The number of primary amides is 2. The summed E-state index contributed by atoms with van der Waals surface area (Å²) < 4.78 is 0. The van der Waals surface area contributed by atoms with E-state index in [1.54, 1.807) is 56.4 Å². The highest BCUT2D eigenvalue weighted by atomic mass is 32.2. The highest BCUT2D eigenvalue weighted by Gasteiger charge is 2.41. The quantitative estimate of drug-likeness (QED) is 0.00998. The largest absolute Gasteiger partial charge is 0.508 e. The number of carbonyl (C=O) groups excluding carboxylic acids is 15. The van der Waals surface area contributed by atoms with Crippen LogP contribution in [0.4, 0.5) is 0 Å². The molecule has 1 aliphatic heterocycles. The third kappa shape index (κ3) is 31.0. The first-order valence-electron chi connectivity index (χ1n) is 38.2. The Morgan fingerprint density at radius 3 is 1.69 bits per heavy atom. The molecule has 3 aromatic heterocycles. The lowest BCUT2D eigenvalue weighted by Gasteiger charge is -2.30. The average Bonchev–Trinajstić information content (AvgIpc) is 1.69. The van der Waals surface area contributed by atoms with Gasteiger partial charge >= 0.3 is 0 Å². The second kappa shape index (κ2) is 47.3. The van der Waals surface area contributed by atoms with Crippen LogP contribution in [0, 0.1) is 17.2 Å². The highest BCUT2D eigenvalue weighted by Crippen LogP contribution is 2.23. The zero-order valence-electron chi connectivity index (χ0n) is 66.4. The van der Waals surface area contributed by atoms with Crippen molar-refractivity contribution in [3.05, 3.63) is 102 Å². The number of nitrogens with zero attached hydrogens (tertiary/aromatic N) is 3. The molecule has 1 aliphatic rings. The van der Waals surface area contributed by atoms with Crippen molar-refractivity contribution in [2.75, 3.05) is 50.2 Å². The summed E-state index contributed by atoms with van der Waals surface area (Å²) in [5.74, 6) is -13.0. The van der Waals surface area contributed by atoms with E-state index in [-0.39, 0.29) is 94.2 Å². The van der Waals surface area contributed by atoms with Gasteiger partial charge in [-0.05, 0) is 117 Å². The summed E-state index contributed by atoms with van der Waals surface area (Å²) in [6.07, 6.45) is 10.3. The third-order valence-electron chi connectivity index (χ3n) is 18.9. The first-order chi connectivity index (χ1) is 55.6. The number of aromatic hydroxyl groups is 1. The van der Waals surface area contributed by atoms with Crippen molar-refractivity contribution in [3.63, 3.8) is 0 Å². The summed E-state index contributed by atoms with van der Waals surface area (Å²) in [7, 11) is 0. The molecule has 0 saturated carbocycles. The lowest BCUT2D eigenvalue weighted by atomic mass is 10.0. The minimum atomic E-state index is -1.82. The molecule has 4 heterocycles. The van der Waals surface area contributed by atoms with Crippen LogP contribution in [0.3, 0.4) is 0 Å². The molecule has 1 saturated heterocycles. The Kier molecular flexibility index (Phi) is 38.0. The molecule has 0 aliphatic carbocycles. The molecule has 2 aromatic carbocycles. The SMILES string of the molecule is CSCC[C@H](NC(=O)[C@H](CC(C)C)NC(=O)[C@H](Cc1cnc[nH]1)NC(=O)CNC(=O)[C@@H](NC(=O)[C@H](C)NC(=O)[C@H](Cc1c[nH]c2ccccc12)NC(=O)[C@H](Cc1cnc[nH]1)NC(=O)[C@H](CC(N)=O)NC(=O)CNC(=O)[C@H](CCCNC(=N)N)NC(=O)[C@@H]1CCCN1C(=O)[C@H](Cc1ccc(O)cc1)NC(=O)[C@@H](N)CCSC)C(C)C)C(N)=O. The molecule has 0 radical (unpaired) electrons. The van der Waals surface area contributed by atoms with Gasteiger partial charge in [-0.15, -0.1) is 0 Å². The number of hydrogen-bond acceptors (Lipinski definition) is 22. The molecule has 5 aromatic rings. The van der Waals surface area contributed by atoms with Gasteiger partial charge in [-0.25, -0.2) is 9.97 Å². The molecule has 1 fully saturated rings. The molecular formula is C75H110N24O16S2. The number of likely N-dealkylation sites (tertiary alicyclic amines) is 1. The fraction of sp³-hybridized carbons (Fsp3) is 0.520. The van der Waals surface area contributed by atoms with Crippen molar-refractivity contribution in [1.82, 2.24) is 98.9 Å². The Bertz CT molecular complexity index is 4220. The number of aromatic amines is 3. The molecule has 26 N–H and O–H groups in total. The van der Waals surface area contributed by atoms with Gasteiger partial charge in [-0.3, -0.25) is 77.3 Å². The number of aromatic nitrogens is 5. The van der Waals surface area contributed by atoms with Crippen molar-refractivity contribution in [2.45, 2.75) is 184 Å². The molecule has 40 nitrogen and oxygen atoms in total. The molecular weight excluding hydrogens is 1560 g/mol. The van der Waals surface area contributed by atoms with E-state index in [0.29, 0.717) is 52.1 Å². The number of guanidine groups is 1.